The van der Waals surface area contributed by atoms with E-state index in [2.05, 4.69) is 5.32 Å². The minimum atomic E-state index is -3.31. The van der Waals surface area contributed by atoms with Gasteiger partial charge in [0, 0.05) is 6.04 Å². The van der Waals surface area contributed by atoms with E-state index >= 15 is 0 Å². The van der Waals surface area contributed by atoms with E-state index in [1.807, 2.05) is 0 Å². The first-order valence-corrected chi connectivity index (χ1v) is 6.43. The highest BCUT2D eigenvalue weighted by atomic mass is 32.2. The van der Waals surface area contributed by atoms with E-state index in [0.717, 1.165) is 0 Å². The molecule has 5 heteroatoms. The summed E-state index contributed by atoms with van der Waals surface area (Å²) >= 11 is 0. The third-order valence-corrected chi connectivity index (χ3v) is 4.57. The summed E-state index contributed by atoms with van der Waals surface area (Å²) in [4.78, 5) is 0.0931. The summed E-state index contributed by atoms with van der Waals surface area (Å²) in [6.07, 6.45) is 0.551. The van der Waals surface area contributed by atoms with Crippen LogP contribution in [0.3, 0.4) is 0 Å². The van der Waals surface area contributed by atoms with E-state index in [1.54, 1.807) is 19.2 Å². The maximum Gasteiger partial charge on any atom is 0.182 e. The van der Waals surface area contributed by atoms with E-state index in [-0.39, 0.29) is 22.4 Å². The van der Waals surface area contributed by atoms with Crippen molar-refractivity contribution in [2.24, 2.45) is 0 Å². The Kier molecular flexibility index (Phi) is 2.44. The zero-order valence-electron chi connectivity index (χ0n) is 8.40. The molecule has 1 aromatic carbocycles. The number of phenolic OH excluding ortho intramolecular Hbond substituents is 1. The number of rotatable bonds is 1. The number of benzene rings is 1. The molecule has 1 heterocycles. The van der Waals surface area contributed by atoms with Gasteiger partial charge in [0.15, 0.2) is 9.84 Å². The molecule has 0 aromatic heterocycles. The Bertz CT molecular complexity index is 481. The van der Waals surface area contributed by atoms with Gasteiger partial charge in [-0.25, -0.2) is 8.42 Å². The Morgan fingerprint density at radius 1 is 1.47 bits per heavy atom. The van der Waals surface area contributed by atoms with Crippen LogP contribution in [0.1, 0.15) is 18.0 Å². The highest BCUT2D eigenvalue weighted by Crippen LogP contribution is 2.37. The van der Waals surface area contributed by atoms with Crippen LogP contribution in [-0.4, -0.2) is 26.3 Å². The van der Waals surface area contributed by atoms with Gasteiger partial charge in [-0.1, -0.05) is 12.1 Å². The number of sulfone groups is 1. The Morgan fingerprint density at radius 2 is 2.20 bits per heavy atom. The van der Waals surface area contributed by atoms with Crippen molar-refractivity contribution >= 4 is 9.84 Å². The standard InChI is InChI=1S/C10H13NO3S/c1-11-8-5-6-15(13,14)10-7(8)3-2-4-9(10)12/h2-4,8,11-12H,5-6H2,1H3. The van der Waals surface area contributed by atoms with Crippen molar-refractivity contribution in [2.75, 3.05) is 12.8 Å². The maximum absolute atomic E-state index is 11.8. The van der Waals surface area contributed by atoms with Gasteiger partial charge in [0.1, 0.15) is 10.6 Å². The van der Waals surface area contributed by atoms with Crippen molar-refractivity contribution in [3.8, 4) is 5.75 Å². The van der Waals surface area contributed by atoms with E-state index in [4.69, 9.17) is 0 Å². The first-order chi connectivity index (χ1) is 7.06. The molecule has 0 fully saturated rings. The number of phenols is 1. The van der Waals surface area contributed by atoms with Crippen LogP contribution >= 0.6 is 0 Å². The fraction of sp³-hybridized carbons (Fsp3) is 0.400. The van der Waals surface area contributed by atoms with Crippen LogP contribution in [0.15, 0.2) is 23.1 Å². The van der Waals surface area contributed by atoms with Gasteiger partial charge >= 0.3 is 0 Å². The number of fused-ring (bicyclic) bond motifs is 1. The lowest BCUT2D eigenvalue weighted by Crippen LogP contribution is -2.27. The fourth-order valence-corrected chi connectivity index (χ4v) is 3.69. The van der Waals surface area contributed by atoms with Crippen LogP contribution in [0.25, 0.3) is 0 Å². The third kappa shape index (κ3) is 1.61. The molecular weight excluding hydrogens is 214 g/mol. The molecule has 2 rings (SSSR count). The molecule has 1 aliphatic heterocycles. The quantitative estimate of drug-likeness (QED) is 0.745. The molecule has 1 unspecified atom stereocenters. The molecule has 0 saturated heterocycles. The average Bonchev–Trinajstić information content (AvgIpc) is 2.17. The molecule has 82 valence electrons. The van der Waals surface area contributed by atoms with Gasteiger partial charge in [0.25, 0.3) is 0 Å². The second-order valence-electron chi connectivity index (χ2n) is 3.64. The van der Waals surface area contributed by atoms with Crippen molar-refractivity contribution in [2.45, 2.75) is 17.4 Å². The largest absolute Gasteiger partial charge is 0.507 e. The molecule has 15 heavy (non-hydrogen) atoms. The van der Waals surface area contributed by atoms with Gasteiger partial charge in [-0.2, -0.15) is 0 Å². The van der Waals surface area contributed by atoms with Crippen LogP contribution in [0.4, 0.5) is 0 Å². The van der Waals surface area contributed by atoms with E-state index < -0.39 is 9.84 Å². The third-order valence-electron chi connectivity index (χ3n) is 2.73. The van der Waals surface area contributed by atoms with Gasteiger partial charge in [-0.3, -0.25) is 0 Å². The zero-order chi connectivity index (χ0) is 11.1. The molecule has 1 atom stereocenters. The Morgan fingerprint density at radius 3 is 2.87 bits per heavy atom. The van der Waals surface area contributed by atoms with Crippen LogP contribution < -0.4 is 5.32 Å². The topological polar surface area (TPSA) is 66.4 Å². The number of hydrogen-bond acceptors (Lipinski definition) is 4. The smallest absolute Gasteiger partial charge is 0.182 e. The van der Waals surface area contributed by atoms with Crippen molar-refractivity contribution < 1.29 is 13.5 Å². The average molecular weight is 227 g/mol. The fourth-order valence-electron chi connectivity index (χ4n) is 1.99. The van der Waals surface area contributed by atoms with Crippen LogP contribution in [0.2, 0.25) is 0 Å². The summed E-state index contributed by atoms with van der Waals surface area (Å²) in [6.45, 7) is 0. The molecule has 2 N–H and O–H groups in total. The van der Waals surface area contributed by atoms with Crippen molar-refractivity contribution in [3.05, 3.63) is 23.8 Å². The molecule has 0 spiro atoms. The van der Waals surface area contributed by atoms with Gasteiger partial charge in [-0.15, -0.1) is 0 Å². The highest BCUT2D eigenvalue weighted by Gasteiger charge is 2.31. The maximum atomic E-state index is 11.8. The molecular formula is C10H13NO3S. The Balaban J connectivity index is 2.69. The number of hydrogen-bond donors (Lipinski definition) is 2. The van der Waals surface area contributed by atoms with Crippen molar-refractivity contribution in [1.82, 2.24) is 5.32 Å². The van der Waals surface area contributed by atoms with Gasteiger partial charge in [0.2, 0.25) is 0 Å². The van der Waals surface area contributed by atoms with Gasteiger partial charge in [0.05, 0.1) is 5.75 Å². The predicted octanol–water partition coefficient (Wildman–Crippen LogP) is 0.830. The lowest BCUT2D eigenvalue weighted by atomic mass is 10.0. The summed E-state index contributed by atoms with van der Waals surface area (Å²) < 4.78 is 23.5. The highest BCUT2D eigenvalue weighted by molar-refractivity contribution is 7.91. The normalized spacial score (nSPS) is 23.4. The van der Waals surface area contributed by atoms with Gasteiger partial charge in [-0.05, 0) is 25.1 Å². The Hall–Kier alpha value is -1.07. The minimum Gasteiger partial charge on any atom is -0.507 e. The van der Waals surface area contributed by atoms with Gasteiger partial charge < -0.3 is 10.4 Å². The first kappa shape index (κ1) is 10.4. The predicted molar refractivity (Wildman–Crippen MR) is 56.6 cm³/mol. The minimum absolute atomic E-state index is 0.00984. The molecule has 0 bridgehead atoms. The second-order valence-corrected chi connectivity index (χ2v) is 5.69. The molecule has 0 amide bonds. The number of aromatic hydroxyl groups is 1. The monoisotopic (exact) mass is 227 g/mol. The first-order valence-electron chi connectivity index (χ1n) is 4.78. The molecule has 1 aromatic rings. The molecule has 0 radical (unpaired) electrons. The molecule has 0 saturated carbocycles. The summed E-state index contributed by atoms with van der Waals surface area (Å²) in [5.74, 6) is -0.0595. The molecule has 4 nitrogen and oxygen atoms in total. The zero-order valence-corrected chi connectivity index (χ0v) is 9.21. The van der Waals surface area contributed by atoms with Crippen molar-refractivity contribution in [1.29, 1.82) is 0 Å². The van der Waals surface area contributed by atoms with Crippen LogP contribution in [0.5, 0.6) is 5.75 Å². The summed E-state index contributed by atoms with van der Waals surface area (Å²) in [5.41, 5.74) is 0.670. The molecule has 0 aliphatic carbocycles. The van der Waals surface area contributed by atoms with E-state index in [1.165, 1.54) is 6.07 Å². The lowest BCUT2D eigenvalue weighted by molar-refractivity contribution is 0.446. The summed E-state index contributed by atoms with van der Waals surface area (Å²) in [5, 5.41) is 12.6. The van der Waals surface area contributed by atoms with E-state index in [9.17, 15) is 13.5 Å². The summed E-state index contributed by atoms with van der Waals surface area (Å²) in [7, 11) is -1.52. The number of nitrogens with one attached hydrogen (secondary N) is 1. The van der Waals surface area contributed by atoms with Crippen molar-refractivity contribution in [3.63, 3.8) is 0 Å². The Labute approximate surface area is 88.9 Å². The van der Waals surface area contributed by atoms with Crippen LogP contribution in [0, 0.1) is 0 Å². The SMILES string of the molecule is CNC1CCS(=O)(=O)c2c(O)cccc21. The molecule has 1 aliphatic rings. The lowest BCUT2D eigenvalue weighted by Gasteiger charge is -2.25. The van der Waals surface area contributed by atoms with Crippen LogP contribution in [-0.2, 0) is 9.84 Å². The second kappa shape index (κ2) is 3.50. The van der Waals surface area contributed by atoms with E-state index in [0.29, 0.717) is 12.0 Å². The summed E-state index contributed by atoms with van der Waals surface area (Å²) in [6, 6.07) is 4.83.